The van der Waals surface area contributed by atoms with Crippen molar-refractivity contribution in [2.45, 2.75) is 32.7 Å². The average molecular weight is 435 g/mol. The number of amides is 1. The van der Waals surface area contributed by atoms with Gasteiger partial charge in [-0.05, 0) is 25.5 Å². The number of ether oxygens (including phenoxy) is 1. The maximum atomic E-state index is 12.9. The topological polar surface area (TPSA) is 86.3 Å². The number of aryl methyl sites for hydroxylation is 2. The molecule has 4 rings (SSSR count). The fourth-order valence-corrected chi connectivity index (χ4v) is 3.36. The van der Waals surface area contributed by atoms with Gasteiger partial charge in [0.2, 0.25) is 11.7 Å². The molecule has 0 unspecified atom stereocenters. The summed E-state index contributed by atoms with van der Waals surface area (Å²) in [5.74, 6) is 0.296. The van der Waals surface area contributed by atoms with Crippen molar-refractivity contribution in [3.8, 4) is 11.4 Å². The zero-order valence-electron chi connectivity index (χ0n) is 16.9. The van der Waals surface area contributed by atoms with Crippen molar-refractivity contribution in [3.63, 3.8) is 0 Å². The van der Waals surface area contributed by atoms with Gasteiger partial charge >= 0.3 is 6.18 Å². The van der Waals surface area contributed by atoms with E-state index in [-0.39, 0.29) is 37.2 Å². The molecule has 8 nitrogen and oxygen atoms in total. The van der Waals surface area contributed by atoms with Crippen molar-refractivity contribution in [3.05, 3.63) is 53.2 Å². The van der Waals surface area contributed by atoms with E-state index in [0.717, 1.165) is 21.9 Å². The Morgan fingerprint density at radius 2 is 2.03 bits per heavy atom. The van der Waals surface area contributed by atoms with Crippen molar-refractivity contribution in [2.24, 2.45) is 0 Å². The van der Waals surface area contributed by atoms with Gasteiger partial charge in [-0.25, -0.2) is 0 Å². The lowest BCUT2D eigenvalue weighted by Gasteiger charge is -2.31. The first-order valence-corrected chi connectivity index (χ1v) is 9.63. The summed E-state index contributed by atoms with van der Waals surface area (Å²) in [5, 5.41) is 7.52. The lowest BCUT2D eigenvalue weighted by atomic mass is 10.1. The minimum Gasteiger partial charge on any atom is -0.365 e. The van der Waals surface area contributed by atoms with Crippen LogP contribution in [0, 0.1) is 13.8 Å². The van der Waals surface area contributed by atoms with Gasteiger partial charge < -0.3 is 14.2 Å². The Labute approximate surface area is 175 Å². The number of morpholine rings is 1. The summed E-state index contributed by atoms with van der Waals surface area (Å²) in [4.78, 5) is 18.6. The van der Waals surface area contributed by atoms with Gasteiger partial charge in [-0.3, -0.25) is 9.48 Å². The van der Waals surface area contributed by atoms with Crippen LogP contribution in [0.2, 0.25) is 0 Å². The summed E-state index contributed by atoms with van der Waals surface area (Å²) in [6, 6.07) is 8.51. The van der Waals surface area contributed by atoms with Crippen molar-refractivity contribution >= 4 is 5.91 Å². The molecule has 3 heterocycles. The molecule has 0 saturated carbocycles. The Balaban J connectivity index is 1.45. The van der Waals surface area contributed by atoms with E-state index in [1.54, 1.807) is 0 Å². The summed E-state index contributed by atoms with van der Waals surface area (Å²) in [6.45, 7) is 3.81. The molecular formula is C20H20F3N5O3. The number of carbonyl (C=O) groups is 1. The van der Waals surface area contributed by atoms with Gasteiger partial charge in [0.25, 0.3) is 5.89 Å². The van der Waals surface area contributed by atoms with Gasteiger partial charge in [0.15, 0.2) is 11.8 Å². The highest BCUT2D eigenvalue weighted by molar-refractivity contribution is 5.76. The third-order valence-corrected chi connectivity index (χ3v) is 5.08. The normalized spacial score (nSPS) is 17.2. The smallest absolute Gasteiger partial charge is 0.365 e. The standard InChI is InChI=1S/C20H20F3N5O3/c1-12-5-3-4-6-14(12)18-24-19(31-26-18)15-10-27(7-8-30-15)17(29)11-28-13(2)9-16(25-28)20(21,22)23/h3-6,9,15H,7-8,10-11H2,1-2H3/t15-/m0/s1. The van der Waals surface area contributed by atoms with Crippen LogP contribution in [0.25, 0.3) is 11.4 Å². The molecule has 0 spiro atoms. The molecule has 0 aliphatic carbocycles. The molecule has 1 aromatic carbocycles. The summed E-state index contributed by atoms with van der Waals surface area (Å²) in [6.07, 6.45) is -5.18. The van der Waals surface area contributed by atoms with Crippen LogP contribution in [0.15, 0.2) is 34.9 Å². The van der Waals surface area contributed by atoms with Crippen molar-refractivity contribution in [2.75, 3.05) is 19.7 Å². The van der Waals surface area contributed by atoms with Crippen molar-refractivity contribution in [1.82, 2.24) is 24.8 Å². The zero-order valence-corrected chi connectivity index (χ0v) is 16.9. The third kappa shape index (κ3) is 4.46. The first kappa shape index (κ1) is 21.0. The molecule has 1 fully saturated rings. The van der Waals surface area contributed by atoms with Crippen LogP contribution >= 0.6 is 0 Å². The highest BCUT2D eigenvalue weighted by Crippen LogP contribution is 2.29. The molecule has 31 heavy (non-hydrogen) atoms. The number of halogens is 3. The number of hydrogen-bond donors (Lipinski definition) is 0. The Kier molecular flexibility index (Phi) is 5.52. The lowest BCUT2D eigenvalue weighted by Crippen LogP contribution is -2.44. The molecule has 2 aromatic heterocycles. The van der Waals surface area contributed by atoms with Crippen LogP contribution in [0.5, 0.6) is 0 Å². The van der Waals surface area contributed by atoms with Gasteiger partial charge in [0.1, 0.15) is 6.54 Å². The van der Waals surface area contributed by atoms with Crippen molar-refractivity contribution in [1.29, 1.82) is 0 Å². The molecule has 3 aromatic rings. The van der Waals surface area contributed by atoms with E-state index in [1.807, 2.05) is 31.2 Å². The van der Waals surface area contributed by atoms with Gasteiger partial charge in [-0.1, -0.05) is 29.4 Å². The van der Waals surface area contributed by atoms with Gasteiger partial charge in [0, 0.05) is 17.8 Å². The monoisotopic (exact) mass is 435 g/mol. The number of alkyl halides is 3. The van der Waals surface area contributed by atoms with E-state index in [0.29, 0.717) is 12.4 Å². The van der Waals surface area contributed by atoms with E-state index in [2.05, 4.69) is 15.2 Å². The van der Waals surface area contributed by atoms with Gasteiger partial charge in [-0.2, -0.15) is 23.3 Å². The second-order valence-electron chi connectivity index (χ2n) is 7.30. The SMILES string of the molecule is Cc1ccccc1-c1noc([C@@H]2CN(C(=O)Cn3nc(C(F)(F)F)cc3C)CCO2)n1. The van der Waals surface area contributed by atoms with Crippen LogP contribution in [0.3, 0.4) is 0 Å². The predicted molar refractivity (Wildman–Crippen MR) is 102 cm³/mol. The fourth-order valence-electron chi connectivity index (χ4n) is 3.36. The Morgan fingerprint density at radius 1 is 1.26 bits per heavy atom. The maximum Gasteiger partial charge on any atom is 0.435 e. The summed E-state index contributed by atoms with van der Waals surface area (Å²) >= 11 is 0. The Hall–Kier alpha value is -3.21. The first-order chi connectivity index (χ1) is 14.7. The van der Waals surface area contributed by atoms with E-state index in [9.17, 15) is 18.0 Å². The first-order valence-electron chi connectivity index (χ1n) is 9.63. The fraction of sp³-hybridized carbons (Fsp3) is 0.400. The molecular weight excluding hydrogens is 415 g/mol. The zero-order chi connectivity index (χ0) is 22.2. The number of nitrogens with zero attached hydrogens (tertiary/aromatic N) is 5. The van der Waals surface area contributed by atoms with Crippen LogP contribution in [0.1, 0.15) is 28.9 Å². The number of hydrogen-bond acceptors (Lipinski definition) is 6. The van der Waals surface area contributed by atoms with Gasteiger partial charge in [0.05, 0.1) is 13.2 Å². The predicted octanol–water partition coefficient (Wildman–Crippen LogP) is 3.17. The highest BCUT2D eigenvalue weighted by Gasteiger charge is 2.35. The molecule has 11 heteroatoms. The molecule has 0 bridgehead atoms. The van der Waals surface area contributed by atoms with E-state index >= 15 is 0 Å². The molecule has 1 aliphatic heterocycles. The van der Waals surface area contributed by atoms with Crippen LogP contribution in [-0.4, -0.2) is 50.4 Å². The minimum atomic E-state index is -4.56. The largest absolute Gasteiger partial charge is 0.435 e. The molecule has 1 atom stereocenters. The van der Waals surface area contributed by atoms with Gasteiger partial charge in [-0.15, -0.1) is 0 Å². The molecule has 1 aliphatic rings. The van der Waals surface area contributed by atoms with Crippen LogP contribution < -0.4 is 0 Å². The second kappa shape index (κ2) is 8.14. The number of rotatable bonds is 4. The maximum absolute atomic E-state index is 12.9. The van der Waals surface area contributed by atoms with E-state index < -0.39 is 18.0 Å². The van der Waals surface area contributed by atoms with E-state index in [1.165, 1.54) is 11.8 Å². The molecule has 164 valence electrons. The molecule has 0 radical (unpaired) electrons. The molecule has 1 amide bonds. The Morgan fingerprint density at radius 3 is 2.74 bits per heavy atom. The van der Waals surface area contributed by atoms with Crippen molar-refractivity contribution < 1.29 is 27.2 Å². The number of benzene rings is 1. The lowest BCUT2D eigenvalue weighted by molar-refractivity contribution is -0.143. The van der Waals surface area contributed by atoms with Crippen LogP contribution in [-0.2, 0) is 22.3 Å². The summed E-state index contributed by atoms with van der Waals surface area (Å²) in [7, 11) is 0. The second-order valence-corrected chi connectivity index (χ2v) is 7.30. The minimum absolute atomic E-state index is 0.153. The van der Waals surface area contributed by atoms with Crippen LogP contribution in [0.4, 0.5) is 13.2 Å². The third-order valence-electron chi connectivity index (χ3n) is 5.08. The molecule has 0 N–H and O–H groups in total. The van der Waals surface area contributed by atoms with E-state index in [4.69, 9.17) is 9.26 Å². The number of aromatic nitrogens is 4. The Bertz CT molecular complexity index is 1090. The molecule has 1 saturated heterocycles. The summed E-state index contributed by atoms with van der Waals surface area (Å²) < 4.78 is 50.6. The summed E-state index contributed by atoms with van der Waals surface area (Å²) in [5.41, 5.74) is 1.05. The highest BCUT2D eigenvalue weighted by atomic mass is 19.4. The number of carbonyl (C=O) groups excluding carboxylic acids is 1. The average Bonchev–Trinajstić information content (AvgIpc) is 3.36. The quantitative estimate of drug-likeness (QED) is 0.626.